The number of likely N-dealkylation sites (N-methyl/N-ethyl adjacent to an activating group) is 1. The zero-order valence-corrected chi connectivity index (χ0v) is 11.2. The molecule has 1 N–H and O–H groups in total. The lowest BCUT2D eigenvalue weighted by molar-refractivity contribution is -0.0660. The lowest BCUT2D eigenvalue weighted by Gasteiger charge is -2.43. The topological polar surface area (TPSA) is 49.8 Å². The molecular formula is C15H19NO3. The van der Waals surface area contributed by atoms with Gasteiger partial charge in [0.2, 0.25) is 0 Å². The van der Waals surface area contributed by atoms with Crippen molar-refractivity contribution in [3.05, 3.63) is 48.0 Å². The molecule has 0 saturated carbocycles. The van der Waals surface area contributed by atoms with E-state index >= 15 is 0 Å². The van der Waals surface area contributed by atoms with Crippen LogP contribution in [0.3, 0.4) is 0 Å². The lowest BCUT2D eigenvalue weighted by Crippen LogP contribution is -2.50. The maximum Gasteiger partial charge on any atom is 0.506 e. The van der Waals surface area contributed by atoms with E-state index in [0.29, 0.717) is 6.42 Å². The number of nitrogens with zero attached hydrogens (tertiary/aromatic N) is 1. The van der Waals surface area contributed by atoms with Gasteiger partial charge >= 0.3 is 6.16 Å². The first-order valence-corrected chi connectivity index (χ1v) is 6.37. The molecular weight excluding hydrogens is 242 g/mol. The molecule has 0 amide bonds. The van der Waals surface area contributed by atoms with Crippen LogP contribution in [0, 0.1) is 0 Å². The fraction of sp³-hybridized carbons (Fsp3) is 0.400. The maximum atomic E-state index is 11.1. The summed E-state index contributed by atoms with van der Waals surface area (Å²) in [5.41, 5.74) is 0.0752. The summed E-state index contributed by atoms with van der Waals surface area (Å²) in [5.74, 6) is 0. The molecule has 0 spiro atoms. The van der Waals surface area contributed by atoms with Crippen LogP contribution in [0.15, 0.2) is 42.5 Å². The van der Waals surface area contributed by atoms with Crippen molar-refractivity contribution in [3.63, 3.8) is 0 Å². The van der Waals surface area contributed by atoms with E-state index in [0.717, 1.165) is 12.0 Å². The Morgan fingerprint density at radius 1 is 1.37 bits per heavy atom. The number of hydrogen-bond donors (Lipinski definition) is 1. The SMILES string of the molecule is CN(C)C1C=CCCC1(OC(=O)O)c1ccccc1. The monoisotopic (exact) mass is 261 g/mol. The Labute approximate surface area is 113 Å². The minimum absolute atomic E-state index is 0.0975. The molecule has 0 aromatic heterocycles. The molecule has 2 atom stereocenters. The first kappa shape index (κ1) is 13.6. The van der Waals surface area contributed by atoms with E-state index in [1.807, 2.05) is 55.4 Å². The highest BCUT2D eigenvalue weighted by Crippen LogP contribution is 2.40. The molecule has 19 heavy (non-hydrogen) atoms. The summed E-state index contributed by atoms with van der Waals surface area (Å²) < 4.78 is 5.36. The molecule has 1 aliphatic carbocycles. The first-order chi connectivity index (χ1) is 9.06. The second-order valence-electron chi connectivity index (χ2n) is 5.00. The van der Waals surface area contributed by atoms with Crippen LogP contribution in [0.1, 0.15) is 18.4 Å². The molecule has 1 aromatic rings. The Kier molecular flexibility index (Phi) is 3.90. The van der Waals surface area contributed by atoms with Crippen molar-refractivity contribution >= 4 is 6.16 Å². The Morgan fingerprint density at radius 3 is 2.63 bits per heavy atom. The molecule has 0 saturated heterocycles. The number of benzene rings is 1. The fourth-order valence-electron chi connectivity index (χ4n) is 2.78. The van der Waals surface area contributed by atoms with Gasteiger partial charge in [-0.1, -0.05) is 42.5 Å². The molecule has 0 aliphatic heterocycles. The smallest absolute Gasteiger partial charge is 0.450 e. The Hall–Kier alpha value is -1.81. The molecule has 1 aliphatic rings. The standard InChI is InChI=1S/C15H19NO3/c1-16(2)13-10-6-7-11-15(13,19-14(17)18)12-8-4-3-5-9-12/h3-6,8-10,13H,7,11H2,1-2H3,(H,17,18). The molecule has 102 valence electrons. The zero-order valence-electron chi connectivity index (χ0n) is 11.2. The molecule has 4 nitrogen and oxygen atoms in total. The molecule has 4 heteroatoms. The van der Waals surface area contributed by atoms with Gasteiger partial charge in [-0.05, 0) is 32.5 Å². The third-order valence-corrected chi connectivity index (χ3v) is 3.57. The summed E-state index contributed by atoms with van der Waals surface area (Å²) in [6.07, 6.45) is 4.34. The van der Waals surface area contributed by atoms with Gasteiger partial charge in [-0.2, -0.15) is 0 Å². The van der Waals surface area contributed by atoms with Crippen LogP contribution < -0.4 is 0 Å². The third-order valence-electron chi connectivity index (χ3n) is 3.57. The van der Waals surface area contributed by atoms with Gasteiger partial charge in [-0.3, -0.25) is 4.90 Å². The van der Waals surface area contributed by atoms with Gasteiger partial charge in [-0.25, -0.2) is 4.79 Å². The highest BCUT2D eigenvalue weighted by atomic mass is 16.7. The summed E-state index contributed by atoms with van der Waals surface area (Å²) in [7, 11) is 3.87. The molecule has 1 aromatic carbocycles. The summed E-state index contributed by atoms with van der Waals surface area (Å²) in [6, 6.07) is 9.50. The van der Waals surface area contributed by atoms with Gasteiger partial charge in [0, 0.05) is 0 Å². The van der Waals surface area contributed by atoms with Gasteiger partial charge in [-0.15, -0.1) is 0 Å². The van der Waals surface area contributed by atoms with E-state index < -0.39 is 11.8 Å². The normalized spacial score (nSPS) is 26.4. The number of carbonyl (C=O) groups is 1. The van der Waals surface area contributed by atoms with Crippen LogP contribution >= 0.6 is 0 Å². The molecule has 0 heterocycles. The predicted octanol–water partition coefficient (Wildman–Crippen LogP) is 2.86. The molecule has 0 radical (unpaired) electrons. The molecule has 0 bridgehead atoms. The van der Waals surface area contributed by atoms with E-state index in [9.17, 15) is 4.79 Å². The Bertz CT molecular complexity index is 470. The first-order valence-electron chi connectivity index (χ1n) is 6.37. The van der Waals surface area contributed by atoms with Crippen molar-refractivity contribution in [1.29, 1.82) is 0 Å². The lowest BCUT2D eigenvalue weighted by atomic mass is 9.78. The van der Waals surface area contributed by atoms with Crippen molar-refractivity contribution in [2.75, 3.05) is 14.1 Å². The van der Waals surface area contributed by atoms with Crippen LogP contribution in [0.2, 0.25) is 0 Å². The van der Waals surface area contributed by atoms with Crippen molar-refractivity contribution in [2.45, 2.75) is 24.5 Å². The number of carboxylic acid groups (broad SMARTS) is 1. The minimum atomic E-state index is -1.23. The van der Waals surface area contributed by atoms with Gasteiger partial charge in [0.25, 0.3) is 0 Å². The van der Waals surface area contributed by atoms with Gasteiger partial charge < -0.3 is 9.84 Å². The number of rotatable bonds is 3. The van der Waals surface area contributed by atoms with Crippen LogP contribution in [0.5, 0.6) is 0 Å². The number of allylic oxidation sites excluding steroid dienone is 1. The summed E-state index contributed by atoms with van der Waals surface area (Å²) >= 11 is 0. The van der Waals surface area contributed by atoms with E-state index in [-0.39, 0.29) is 6.04 Å². The second-order valence-corrected chi connectivity index (χ2v) is 5.00. The average molecular weight is 261 g/mol. The summed E-state index contributed by atoms with van der Waals surface area (Å²) in [6.45, 7) is 0. The average Bonchev–Trinajstić information content (AvgIpc) is 2.39. The Morgan fingerprint density at radius 2 is 2.05 bits per heavy atom. The zero-order chi connectivity index (χ0) is 13.9. The molecule has 0 fully saturated rings. The highest BCUT2D eigenvalue weighted by molar-refractivity contribution is 5.58. The highest BCUT2D eigenvalue weighted by Gasteiger charge is 2.45. The summed E-state index contributed by atoms with van der Waals surface area (Å²) in [5, 5.41) is 9.13. The van der Waals surface area contributed by atoms with E-state index in [4.69, 9.17) is 9.84 Å². The fourth-order valence-corrected chi connectivity index (χ4v) is 2.78. The van der Waals surface area contributed by atoms with Gasteiger partial charge in [0.1, 0.15) is 0 Å². The van der Waals surface area contributed by atoms with Gasteiger partial charge in [0.05, 0.1) is 6.04 Å². The summed E-state index contributed by atoms with van der Waals surface area (Å²) in [4.78, 5) is 13.1. The maximum absolute atomic E-state index is 11.1. The van der Waals surface area contributed by atoms with E-state index in [1.165, 1.54) is 0 Å². The van der Waals surface area contributed by atoms with Crippen molar-refractivity contribution in [2.24, 2.45) is 0 Å². The van der Waals surface area contributed by atoms with Crippen LogP contribution in [-0.4, -0.2) is 36.3 Å². The van der Waals surface area contributed by atoms with Crippen molar-refractivity contribution in [3.8, 4) is 0 Å². The molecule has 2 rings (SSSR count). The second kappa shape index (κ2) is 5.45. The van der Waals surface area contributed by atoms with Gasteiger partial charge in [0.15, 0.2) is 5.60 Å². The Balaban J connectivity index is 2.50. The van der Waals surface area contributed by atoms with Crippen LogP contribution in [0.4, 0.5) is 4.79 Å². The van der Waals surface area contributed by atoms with Crippen molar-refractivity contribution in [1.82, 2.24) is 4.90 Å². The molecule has 2 unspecified atom stereocenters. The van der Waals surface area contributed by atoms with Crippen LogP contribution in [-0.2, 0) is 10.3 Å². The van der Waals surface area contributed by atoms with E-state index in [1.54, 1.807) is 0 Å². The number of ether oxygens (including phenoxy) is 1. The predicted molar refractivity (Wildman–Crippen MR) is 73.1 cm³/mol. The van der Waals surface area contributed by atoms with Crippen LogP contribution in [0.25, 0.3) is 0 Å². The number of hydrogen-bond acceptors (Lipinski definition) is 3. The quantitative estimate of drug-likeness (QED) is 0.671. The minimum Gasteiger partial charge on any atom is -0.450 e. The van der Waals surface area contributed by atoms with E-state index in [2.05, 4.69) is 6.08 Å². The van der Waals surface area contributed by atoms with Crippen molar-refractivity contribution < 1.29 is 14.6 Å². The largest absolute Gasteiger partial charge is 0.506 e. The third kappa shape index (κ3) is 2.63.